The molecule has 12 heteroatoms. The Bertz CT molecular complexity index is 1500. The van der Waals surface area contributed by atoms with Crippen molar-refractivity contribution in [1.29, 1.82) is 0 Å². The standard InChI is InChI=1S/C33H43N7O5/c1-7-16-33(17-12-20-39(33)30(43)45-31(3,4)5)29(42)36-32(6,24-38-19-13-18-35-38)23-34-28(41)27-26(44-21-8-2)22-40(37-27)25-14-10-9-11-15-25/h7-11,13-15,18-19,22H,1-2,12,16-17,20-21,23-24H2,3-6H3,(H,34,41)(H,36,42). The number of rotatable bonds is 13. The Morgan fingerprint density at radius 3 is 2.49 bits per heavy atom. The SMILES string of the molecule is C=CCOc1cn(-c2ccccc2)nc1C(=O)NCC(C)(Cn1cccn1)NC(=O)C1(CC=C)CCCN1C(=O)OC(C)(C)C. The summed E-state index contributed by atoms with van der Waals surface area (Å²) in [5.41, 5.74) is -2.10. The number of hydrogen-bond acceptors (Lipinski definition) is 7. The number of benzene rings is 1. The van der Waals surface area contributed by atoms with Crippen LogP contribution in [0.4, 0.5) is 4.79 Å². The maximum absolute atomic E-state index is 14.2. The molecule has 240 valence electrons. The highest BCUT2D eigenvalue weighted by Crippen LogP contribution is 2.35. The third-order valence-corrected chi connectivity index (χ3v) is 7.41. The Balaban J connectivity index is 1.59. The molecular formula is C33H43N7O5. The molecule has 1 fully saturated rings. The number of carbonyl (C=O) groups is 3. The van der Waals surface area contributed by atoms with Crippen LogP contribution in [0.1, 0.15) is 57.4 Å². The molecular weight excluding hydrogens is 574 g/mol. The van der Waals surface area contributed by atoms with Crippen LogP contribution in [0.3, 0.4) is 0 Å². The lowest BCUT2D eigenvalue weighted by molar-refractivity contribution is -0.133. The first-order chi connectivity index (χ1) is 21.4. The summed E-state index contributed by atoms with van der Waals surface area (Å²) in [5.74, 6) is -0.558. The van der Waals surface area contributed by atoms with Gasteiger partial charge in [-0.25, -0.2) is 9.48 Å². The van der Waals surface area contributed by atoms with Gasteiger partial charge in [0.25, 0.3) is 5.91 Å². The Morgan fingerprint density at radius 1 is 1.09 bits per heavy atom. The molecule has 1 aliphatic rings. The van der Waals surface area contributed by atoms with E-state index in [0.717, 1.165) is 5.69 Å². The van der Waals surface area contributed by atoms with Crippen molar-refractivity contribution in [2.75, 3.05) is 19.7 Å². The van der Waals surface area contributed by atoms with Gasteiger partial charge in [-0.1, -0.05) is 36.9 Å². The average Bonchev–Trinajstić information content (AvgIpc) is 3.75. The molecule has 3 heterocycles. The minimum atomic E-state index is -1.19. The van der Waals surface area contributed by atoms with Crippen molar-refractivity contribution in [2.24, 2.45) is 0 Å². The molecule has 1 aliphatic heterocycles. The highest BCUT2D eigenvalue weighted by molar-refractivity contribution is 5.95. The molecule has 45 heavy (non-hydrogen) atoms. The van der Waals surface area contributed by atoms with Gasteiger partial charge in [-0.2, -0.15) is 10.2 Å². The molecule has 1 aromatic carbocycles. The normalized spacial score (nSPS) is 17.6. The van der Waals surface area contributed by atoms with Crippen molar-refractivity contribution in [3.05, 3.63) is 86.0 Å². The third kappa shape index (κ3) is 8.00. The van der Waals surface area contributed by atoms with Gasteiger partial charge in [-0.15, -0.1) is 6.58 Å². The van der Waals surface area contributed by atoms with Crippen LogP contribution < -0.4 is 15.4 Å². The predicted octanol–water partition coefficient (Wildman–Crippen LogP) is 4.28. The number of amides is 3. The Morgan fingerprint density at radius 2 is 1.84 bits per heavy atom. The lowest BCUT2D eigenvalue weighted by atomic mass is 9.89. The molecule has 0 spiro atoms. The Kier molecular flexibility index (Phi) is 10.2. The number of aromatic nitrogens is 4. The summed E-state index contributed by atoms with van der Waals surface area (Å²) in [6.45, 7) is 15.6. The minimum Gasteiger partial charge on any atom is -0.485 e. The van der Waals surface area contributed by atoms with Gasteiger partial charge in [0.05, 0.1) is 24.0 Å². The van der Waals surface area contributed by atoms with Crippen LogP contribution in [0, 0.1) is 0 Å². The molecule has 3 aromatic rings. The average molecular weight is 618 g/mol. The highest BCUT2D eigenvalue weighted by Gasteiger charge is 2.51. The number of nitrogens with zero attached hydrogens (tertiary/aromatic N) is 5. The molecule has 0 saturated carbocycles. The second-order valence-electron chi connectivity index (χ2n) is 12.4. The summed E-state index contributed by atoms with van der Waals surface area (Å²) in [6, 6.07) is 11.1. The van der Waals surface area contributed by atoms with Crippen molar-refractivity contribution in [3.8, 4) is 11.4 Å². The topological polar surface area (TPSA) is 133 Å². The molecule has 0 radical (unpaired) electrons. The van der Waals surface area contributed by atoms with E-state index in [1.54, 1.807) is 66.9 Å². The molecule has 0 aliphatic carbocycles. The van der Waals surface area contributed by atoms with E-state index in [1.165, 1.54) is 4.90 Å². The maximum Gasteiger partial charge on any atom is 0.411 e. The zero-order chi connectivity index (χ0) is 32.7. The quantitative estimate of drug-likeness (QED) is 0.274. The van der Waals surface area contributed by atoms with Crippen LogP contribution >= 0.6 is 0 Å². The van der Waals surface area contributed by atoms with Gasteiger partial charge in [0.1, 0.15) is 17.7 Å². The largest absolute Gasteiger partial charge is 0.485 e. The molecule has 2 aromatic heterocycles. The van der Waals surface area contributed by atoms with Gasteiger partial charge in [0.2, 0.25) is 5.91 Å². The number of hydrogen-bond donors (Lipinski definition) is 2. The summed E-state index contributed by atoms with van der Waals surface area (Å²) in [5, 5.41) is 14.9. The van der Waals surface area contributed by atoms with E-state index < -0.39 is 28.7 Å². The monoisotopic (exact) mass is 617 g/mol. The Labute approximate surface area is 264 Å². The summed E-state index contributed by atoms with van der Waals surface area (Å²) in [7, 11) is 0. The minimum absolute atomic E-state index is 0.0210. The molecule has 0 bridgehead atoms. The number of para-hydroxylation sites is 1. The van der Waals surface area contributed by atoms with E-state index in [4.69, 9.17) is 9.47 Å². The number of carbonyl (C=O) groups excluding carboxylic acids is 3. The number of nitrogens with one attached hydrogen (secondary N) is 2. The van der Waals surface area contributed by atoms with E-state index in [2.05, 4.69) is 34.0 Å². The van der Waals surface area contributed by atoms with Crippen molar-refractivity contribution >= 4 is 17.9 Å². The zero-order valence-electron chi connectivity index (χ0n) is 26.5. The van der Waals surface area contributed by atoms with Crippen LogP contribution in [-0.2, 0) is 16.1 Å². The van der Waals surface area contributed by atoms with E-state index in [-0.39, 0.29) is 43.5 Å². The van der Waals surface area contributed by atoms with Gasteiger partial charge in [0.15, 0.2) is 11.4 Å². The van der Waals surface area contributed by atoms with Crippen LogP contribution in [0.5, 0.6) is 5.75 Å². The van der Waals surface area contributed by atoms with E-state index in [0.29, 0.717) is 19.4 Å². The lowest BCUT2D eigenvalue weighted by Gasteiger charge is -2.40. The van der Waals surface area contributed by atoms with Crippen LogP contribution in [0.2, 0.25) is 0 Å². The van der Waals surface area contributed by atoms with E-state index in [9.17, 15) is 14.4 Å². The van der Waals surface area contributed by atoms with Gasteiger partial charge in [-0.3, -0.25) is 19.2 Å². The fourth-order valence-electron chi connectivity index (χ4n) is 5.36. The number of likely N-dealkylation sites (tertiary alicyclic amines) is 1. The predicted molar refractivity (Wildman–Crippen MR) is 170 cm³/mol. The zero-order valence-corrected chi connectivity index (χ0v) is 26.5. The summed E-state index contributed by atoms with van der Waals surface area (Å²) >= 11 is 0. The first-order valence-corrected chi connectivity index (χ1v) is 15.0. The van der Waals surface area contributed by atoms with Crippen LogP contribution in [0.15, 0.2) is 80.3 Å². The van der Waals surface area contributed by atoms with Crippen molar-refractivity contribution in [3.63, 3.8) is 0 Å². The van der Waals surface area contributed by atoms with Crippen molar-refractivity contribution in [1.82, 2.24) is 35.1 Å². The van der Waals surface area contributed by atoms with Gasteiger partial charge in [0, 0.05) is 25.5 Å². The molecule has 2 unspecified atom stereocenters. The third-order valence-electron chi connectivity index (χ3n) is 7.41. The molecule has 12 nitrogen and oxygen atoms in total. The van der Waals surface area contributed by atoms with Crippen molar-refractivity contribution < 1.29 is 23.9 Å². The smallest absolute Gasteiger partial charge is 0.411 e. The molecule has 1 saturated heterocycles. The molecule has 2 atom stereocenters. The summed E-state index contributed by atoms with van der Waals surface area (Å²) < 4.78 is 14.7. The lowest BCUT2D eigenvalue weighted by Crippen LogP contribution is -2.64. The van der Waals surface area contributed by atoms with Gasteiger partial charge < -0.3 is 20.1 Å². The molecule has 4 rings (SSSR count). The first kappa shape index (κ1) is 33.0. The highest BCUT2D eigenvalue weighted by atomic mass is 16.6. The van der Waals surface area contributed by atoms with E-state index in [1.807, 2.05) is 37.3 Å². The molecule has 2 N–H and O–H groups in total. The van der Waals surface area contributed by atoms with Gasteiger partial charge in [-0.05, 0) is 65.2 Å². The number of ether oxygens (including phenoxy) is 2. The van der Waals surface area contributed by atoms with Crippen molar-refractivity contribution in [2.45, 2.75) is 70.2 Å². The van der Waals surface area contributed by atoms with Crippen LogP contribution in [0.25, 0.3) is 5.69 Å². The fraction of sp³-hybridized carbons (Fsp3) is 0.424. The fourth-order valence-corrected chi connectivity index (χ4v) is 5.36. The van der Waals surface area contributed by atoms with E-state index >= 15 is 0 Å². The second kappa shape index (κ2) is 13.8. The Hall–Kier alpha value is -4.87. The summed E-state index contributed by atoms with van der Waals surface area (Å²) in [4.78, 5) is 42.6. The first-order valence-electron chi connectivity index (χ1n) is 15.0. The summed E-state index contributed by atoms with van der Waals surface area (Å²) in [6.07, 6.45) is 9.04. The second-order valence-corrected chi connectivity index (χ2v) is 12.4. The maximum atomic E-state index is 14.2. The van der Waals surface area contributed by atoms with Crippen LogP contribution in [-0.4, -0.2) is 78.7 Å². The van der Waals surface area contributed by atoms with Gasteiger partial charge >= 0.3 is 6.09 Å². The molecule has 3 amide bonds.